The van der Waals surface area contributed by atoms with Crippen molar-refractivity contribution in [1.82, 2.24) is 10.2 Å². The lowest BCUT2D eigenvalue weighted by atomic mass is 10.0. The predicted molar refractivity (Wildman–Crippen MR) is 117 cm³/mol. The van der Waals surface area contributed by atoms with Gasteiger partial charge in [0.25, 0.3) is 11.8 Å². The van der Waals surface area contributed by atoms with Crippen LogP contribution in [0.4, 0.5) is 0 Å². The molecule has 1 aliphatic heterocycles. The second kappa shape index (κ2) is 9.67. The van der Waals surface area contributed by atoms with Crippen molar-refractivity contribution in [2.45, 2.75) is 32.2 Å². The van der Waals surface area contributed by atoms with Crippen LogP contribution in [0.5, 0.6) is 11.5 Å². The summed E-state index contributed by atoms with van der Waals surface area (Å²) in [7, 11) is 1.46. The van der Waals surface area contributed by atoms with E-state index in [-0.39, 0.29) is 29.0 Å². The zero-order valence-corrected chi connectivity index (χ0v) is 17.8. The van der Waals surface area contributed by atoms with Crippen molar-refractivity contribution in [3.8, 4) is 11.5 Å². The van der Waals surface area contributed by atoms with Crippen LogP contribution < -0.4 is 10.1 Å². The van der Waals surface area contributed by atoms with Crippen LogP contribution in [0, 0.1) is 0 Å². The number of nitrogens with one attached hydrogen (secondary N) is 1. The van der Waals surface area contributed by atoms with E-state index >= 15 is 0 Å². The topological polar surface area (TPSA) is 78.9 Å². The van der Waals surface area contributed by atoms with Crippen molar-refractivity contribution >= 4 is 29.5 Å². The highest BCUT2D eigenvalue weighted by Crippen LogP contribution is 2.28. The molecule has 1 heterocycles. The first-order valence-corrected chi connectivity index (χ1v) is 10.2. The van der Waals surface area contributed by atoms with Gasteiger partial charge in [-0.05, 0) is 62.1 Å². The number of hydrogen-bond donors (Lipinski definition) is 2. The highest BCUT2D eigenvalue weighted by atomic mass is 35.5. The number of rotatable bonds is 5. The second-order valence-electron chi connectivity index (χ2n) is 7.27. The first-order valence-electron chi connectivity index (χ1n) is 9.86. The molecule has 0 spiro atoms. The van der Waals surface area contributed by atoms with E-state index in [1.165, 1.54) is 13.2 Å². The summed E-state index contributed by atoms with van der Waals surface area (Å²) in [6, 6.07) is 11.5. The Morgan fingerprint density at radius 3 is 2.67 bits per heavy atom. The quantitative estimate of drug-likeness (QED) is 0.698. The van der Waals surface area contributed by atoms with Crippen LogP contribution in [0.1, 0.15) is 42.1 Å². The minimum Gasteiger partial charge on any atom is -0.504 e. The van der Waals surface area contributed by atoms with Gasteiger partial charge in [0.15, 0.2) is 11.5 Å². The van der Waals surface area contributed by atoms with Gasteiger partial charge in [0, 0.05) is 12.6 Å². The minimum absolute atomic E-state index is 0.0539. The Bertz CT molecular complexity index is 973. The lowest BCUT2D eigenvalue weighted by Gasteiger charge is -2.34. The zero-order chi connectivity index (χ0) is 21.7. The number of phenols is 1. The van der Waals surface area contributed by atoms with Crippen LogP contribution in [0.3, 0.4) is 0 Å². The van der Waals surface area contributed by atoms with Gasteiger partial charge in [-0.15, -0.1) is 0 Å². The number of benzene rings is 2. The number of halogens is 1. The largest absolute Gasteiger partial charge is 0.504 e. The third-order valence-electron chi connectivity index (χ3n) is 5.17. The van der Waals surface area contributed by atoms with Crippen LogP contribution in [0.15, 0.2) is 48.2 Å². The van der Waals surface area contributed by atoms with Crippen molar-refractivity contribution in [2.24, 2.45) is 0 Å². The number of carbonyl (C=O) groups is 2. The van der Waals surface area contributed by atoms with Crippen LogP contribution in [-0.2, 0) is 4.79 Å². The molecule has 1 aliphatic rings. The molecule has 2 N–H and O–H groups in total. The summed E-state index contributed by atoms with van der Waals surface area (Å²) >= 11 is 6.15. The number of methoxy groups -OCH3 is 1. The van der Waals surface area contributed by atoms with E-state index in [1.54, 1.807) is 47.4 Å². The highest BCUT2D eigenvalue weighted by Gasteiger charge is 2.27. The normalized spacial score (nSPS) is 16.8. The van der Waals surface area contributed by atoms with Gasteiger partial charge in [0.1, 0.15) is 5.70 Å². The molecular formula is C23H25ClN2O4. The van der Waals surface area contributed by atoms with Gasteiger partial charge in [0.05, 0.1) is 17.7 Å². The molecule has 0 radical (unpaired) electrons. The molecule has 3 rings (SSSR count). The first-order chi connectivity index (χ1) is 14.4. The summed E-state index contributed by atoms with van der Waals surface area (Å²) < 4.78 is 5.07. The van der Waals surface area contributed by atoms with Crippen molar-refractivity contribution in [1.29, 1.82) is 0 Å². The minimum atomic E-state index is -0.470. The summed E-state index contributed by atoms with van der Waals surface area (Å²) in [6.45, 7) is 2.64. The van der Waals surface area contributed by atoms with E-state index in [9.17, 15) is 14.7 Å². The molecule has 30 heavy (non-hydrogen) atoms. The first kappa shape index (κ1) is 21.7. The Kier molecular flexibility index (Phi) is 7.00. The number of carbonyl (C=O) groups excluding carboxylic acids is 2. The van der Waals surface area contributed by atoms with Gasteiger partial charge in [-0.1, -0.05) is 29.8 Å². The summed E-state index contributed by atoms with van der Waals surface area (Å²) in [6.07, 6.45) is 4.46. The molecule has 2 amide bonds. The van der Waals surface area contributed by atoms with E-state index < -0.39 is 5.91 Å². The molecule has 2 aromatic rings. The smallest absolute Gasteiger partial charge is 0.270 e. The molecular weight excluding hydrogens is 404 g/mol. The fourth-order valence-electron chi connectivity index (χ4n) is 3.50. The van der Waals surface area contributed by atoms with Gasteiger partial charge in [-0.25, -0.2) is 0 Å². The molecule has 0 aromatic heterocycles. The molecule has 1 saturated heterocycles. The fraction of sp³-hybridized carbons (Fsp3) is 0.304. The molecule has 7 heteroatoms. The maximum atomic E-state index is 13.3. The van der Waals surface area contributed by atoms with E-state index in [1.807, 2.05) is 6.92 Å². The Hall–Kier alpha value is -2.99. The molecule has 0 unspecified atom stereocenters. The number of piperidine rings is 1. The number of hydrogen-bond acceptors (Lipinski definition) is 4. The highest BCUT2D eigenvalue weighted by molar-refractivity contribution is 6.34. The molecule has 0 aliphatic carbocycles. The molecule has 158 valence electrons. The van der Waals surface area contributed by atoms with Gasteiger partial charge in [-0.2, -0.15) is 0 Å². The van der Waals surface area contributed by atoms with Gasteiger partial charge < -0.3 is 20.1 Å². The molecule has 1 atom stereocenters. The van der Waals surface area contributed by atoms with Crippen LogP contribution >= 0.6 is 11.6 Å². The standard InChI is InChI=1S/C23H25ClN2O4/c1-15-7-5-6-12-26(15)23(29)19(13-16-10-11-21(30-2)20(27)14-16)25-22(28)17-8-3-4-9-18(17)24/h3-4,8-11,13-15,27H,5-7,12H2,1-2H3,(H,25,28)/b19-13-/t15-/m0/s1. The van der Waals surface area contributed by atoms with Crippen molar-refractivity contribution < 1.29 is 19.4 Å². The van der Waals surface area contributed by atoms with E-state index in [0.717, 1.165) is 19.3 Å². The fourth-order valence-corrected chi connectivity index (χ4v) is 3.73. The lowest BCUT2D eigenvalue weighted by molar-refractivity contribution is -0.130. The van der Waals surface area contributed by atoms with Crippen LogP contribution in [0.2, 0.25) is 5.02 Å². The Labute approximate surface area is 181 Å². The number of likely N-dealkylation sites (tertiary alicyclic amines) is 1. The summed E-state index contributed by atoms with van der Waals surface area (Å²) in [5.74, 6) is -0.466. The monoisotopic (exact) mass is 428 g/mol. The van der Waals surface area contributed by atoms with E-state index in [2.05, 4.69) is 5.32 Å². The van der Waals surface area contributed by atoms with Crippen molar-refractivity contribution in [3.63, 3.8) is 0 Å². The molecule has 1 fully saturated rings. The summed E-state index contributed by atoms with van der Waals surface area (Å²) in [5.41, 5.74) is 0.959. The zero-order valence-electron chi connectivity index (χ0n) is 17.0. The number of nitrogens with zero attached hydrogens (tertiary/aromatic N) is 1. The average molecular weight is 429 g/mol. The SMILES string of the molecule is COc1ccc(/C=C(\NC(=O)c2ccccc2Cl)C(=O)N2CCCC[C@@H]2C)cc1O. The molecule has 0 bridgehead atoms. The van der Waals surface area contributed by atoms with E-state index in [0.29, 0.717) is 22.9 Å². The maximum absolute atomic E-state index is 13.3. The second-order valence-corrected chi connectivity index (χ2v) is 7.67. The summed E-state index contributed by atoms with van der Waals surface area (Å²) in [5, 5.41) is 13.1. The third-order valence-corrected chi connectivity index (χ3v) is 5.50. The van der Waals surface area contributed by atoms with Crippen molar-refractivity contribution in [3.05, 3.63) is 64.3 Å². The molecule has 6 nitrogen and oxygen atoms in total. The molecule has 0 saturated carbocycles. The van der Waals surface area contributed by atoms with Crippen LogP contribution in [0.25, 0.3) is 6.08 Å². The third kappa shape index (κ3) is 4.94. The van der Waals surface area contributed by atoms with Crippen LogP contribution in [-0.4, -0.2) is 41.5 Å². The number of ether oxygens (including phenoxy) is 1. The average Bonchev–Trinajstić information content (AvgIpc) is 2.73. The van der Waals surface area contributed by atoms with Gasteiger partial charge in [-0.3, -0.25) is 9.59 Å². The lowest BCUT2D eigenvalue weighted by Crippen LogP contribution is -2.45. The van der Waals surface area contributed by atoms with Gasteiger partial charge >= 0.3 is 0 Å². The number of phenolic OH excluding ortho intramolecular Hbond substituents is 1. The summed E-state index contributed by atoms with van der Waals surface area (Å²) in [4.78, 5) is 27.9. The number of amides is 2. The Balaban J connectivity index is 1.95. The van der Waals surface area contributed by atoms with E-state index in [4.69, 9.17) is 16.3 Å². The predicted octanol–water partition coefficient (Wildman–Crippen LogP) is 4.23. The molecule has 2 aromatic carbocycles. The maximum Gasteiger partial charge on any atom is 0.270 e. The number of aromatic hydroxyl groups is 1. The van der Waals surface area contributed by atoms with Gasteiger partial charge in [0.2, 0.25) is 0 Å². The Morgan fingerprint density at radius 1 is 1.23 bits per heavy atom. The Morgan fingerprint density at radius 2 is 2.00 bits per heavy atom. The van der Waals surface area contributed by atoms with Crippen molar-refractivity contribution in [2.75, 3.05) is 13.7 Å².